The van der Waals surface area contributed by atoms with E-state index in [1.54, 1.807) is 0 Å². The third-order valence-electron chi connectivity index (χ3n) is 2.90. The molecule has 3 N–H and O–H groups in total. The van der Waals surface area contributed by atoms with Crippen LogP contribution in [0.15, 0.2) is 0 Å². The zero-order chi connectivity index (χ0) is 15.0. The zero-order valence-electron chi connectivity index (χ0n) is 13.1. The number of hydrogen-bond donors (Lipinski definition) is 2. The van der Waals surface area contributed by atoms with Gasteiger partial charge in [-0.1, -0.05) is 64.7 Å². The molecule has 1 unspecified atom stereocenters. The van der Waals surface area contributed by atoms with E-state index in [2.05, 4.69) is 11.4 Å². The lowest BCUT2D eigenvalue weighted by atomic mass is 10.1. The fourth-order valence-corrected chi connectivity index (χ4v) is 1.63. The standard InChI is InChI=1S/C12H27N.C2H7O3P/c1-2-3-4-5-6-7-8-9-10-11-12-13;1-5-6(2,3)4/h2-13H2,1H3;1-2H3,(H,3,4). The summed E-state index contributed by atoms with van der Waals surface area (Å²) in [5.74, 6) is 0. The first-order chi connectivity index (χ1) is 8.97. The molecule has 0 aliphatic rings. The van der Waals surface area contributed by atoms with Gasteiger partial charge in [-0.2, -0.15) is 0 Å². The molecule has 0 aromatic rings. The topological polar surface area (TPSA) is 72.5 Å². The predicted octanol–water partition coefficient (Wildman–Crippen LogP) is 4.31. The molecule has 0 aliphatic carbocycles. The van der Waals surface area contributed by atoms with Gasteiger partial charge in [0.1, 0.15) is 0 Å². The van der Waals surface area contributed by atoms with Crippen molar-refractivity contribution in [3.05, 3.63) is 0 Å². The molecule has 0 spiro atoms. The molecule has 0 rings (SSSR count). The third-order valence-corrected chi connectivity index (χ3v) is 3.57. The summed E-state index contributed by atoms with van der Waals surface area (Å²) in [5, 5.41) is 0. The van der Waals surface area contributed by atoms with Crippen molar-refractivity contribution in [3.8, 4) is 0 Å². The highest BCUT2D eigenvalue weighted by molar-refractivity contribution is 7.51. The molecule has 0 heterocycles. The van der Waals surface area contributed by atoms with Crippen molar-refractivity contribution < 1.29 is 14.0 Å². The first kappa shape index (κ1) is 21.4. The maximum absolute atomic E-state index is 9.92. The molecule has 1 atom stereocenters. The Labute approximate surface area is 119 Å². The van der Waals surface area contributed by atoms with Gasteiger partial charge in [0.15, 0.2) is 0 Å². The first-order valence-electron chi connectivity index (χ1n) is 7.54. The van der Waals surface area contributed by atoms with Gasteiger partial charge in [0.2, 0.25) is 0 Å². The second-order valence-electron chi connectivity index (χ2n) is 4.96. The van der Waals surface area contributed by atoms with Gasteiger partial charge >= 0.3 is 7.60 Å². The van der Waals surface area contributed by atoms with Crippen LogP contribution in [-0.2, 0) is 9.09 Å². The van der Waals surface area contributed by atoms with E-state index in [4.69, 9.17) is 10.6 Å². The SMILES string of the molecule is CCCCCCCCCCCCN.COP(C)(=O)O. The number of hydrogen-bond acceptors (Lipinski definition) is 3. The lowest BCUT2D eigenvalue weighted by Gasteiger charge is -2.00. The third kappa shape index (κ3) is 27.3. The van der Waals surface area contributed by atoms with Crippen LogP contribution in [0.25, 0.3) is 0 Å². The van der Waals surface area contributed by atoms with Crippen LogP contribution in [0.5, 0.6) is 0 Å². The van der Waals surface area contributed by atoms with Crippen LogP contribution < -0.4 is 5.73 Å². The van der Waals surface area contributed by atoms with Gasteiger partial charge in [0, 0.05) is 13.8 Å². The van der Waals surface area contributed by atoms with Gasteiger partial charge in [-0.3, -0.25) is 4.57 Å². The fraction of sp³-hybridized carbons (Fsp3) is 1.00. The van der Waals surface area contributed by atoms with E-state index >= 15 is 0 Å². The highest BCUT2D eigenvalue weighted by Crippen LogP contribution is 2.34. The Kier molecular flexibility index (Phi) is 18.2. The minimum Gasteiger partial charge on any atom is -0.330 e. The number of unbranched alkanes of at least 4 members (excludes halogenated alkanes) is 9. The van der Waals surface area contributed by atoms with Crippen LogP contribution >= 0.6 is 7.60 Å². The van der Waals surface area contributed by atoms with Crippen molar-refractivity contribution in [3.63, 3.8) is 0 Å². The summed E-state index contributed by atoms with van der Waals surface area (Å²) in [4.78, 5) is 8.16. The Morgan fingerprint density at radius 1 is 0.947 bits per heavy atom. The lowest BCUT2D eigenvalue weighted by molar-refractivity contribution is 0.322. The molecule has 0 saturated heterocycles. The molecular weight excluding hydrogens is 261 g/mol. The summed E-state index contributed by atoms with van der Waals surface area (Å²) in [6.45, 7) is 4.27. The molecule has 0 aromatic heterocycles. The molecule has 5 heteroatoms. The zero-order valence-corrected chi connectivity index (χ0v) is 14.0. The van der Waals surface area contributed by atoms with E-state index < -0.39 is 7.60 Å². The van der Waals surface area contributed by atoms with E-state index in [9.17, 15) is 4.57 Å². The normalized spacial score (nSPS) is 13.5. The average Bonchev–Trinajstić information content (AvgIpc) is 2.37. The van der Waals surface area contributed by atoms with Crippen molar-refractivity contribution >= 4 is 7.60 Å². The van der Waals surface area contributed by atoms with Gasteiger partial charge in [0.05, 0.1) is 0 Å². The Morgan fingerprint density at radius 2 is 1.26 bits per heavy atom. The molecule has 0 bridgehead atoms. The molecule has 19 heavy (non-hydrogen) atoms. The predicted molar refractivity (Wildman–Crippen MR) is 83.7 cm³/mol. The lowest BCUT2D eigenvalue weighted by Crippen LogP contribution is -1.97. The van der Waals surface area contributed by atoms with E-state index in [0.717, 1.165) is 13.2 Å². The van der Waals surface area contributed by atoms with Crippen LogP contribution in [0, 0.1) is 0 Å². The van der Waals surface area contributed by atoms with Gasteiger partial charge in [-0.05, 0) is 13.0 Å². The summed E-state index contributed by atoms with van der Waals surface area (Å²) >= 11 is 0. The van der Waals surface area contributed by atoms with Crippen molar-refractivity contribution in [2.24, 2.45) is 5.73 Å². The first-order valence-corrected chi connectivity index (χ1v) is 9.56. The minimum absolute atomic E-state index is 0.872. The largest absolute Gasteiger partial charge is 0.330 e. The van der Waals surface area contributed by atoms with Gasteiger partial charge in [-0.15, -0.1) is 0 Å². The van der Waals surface area contributed by atoms with Crippen LogP contribution in [0.4, 0.5) is 0 Å². The highest BCUT2D eigenvalue weighted by Gasteiger charge is 2.02. The molecule has 0 amide bonds. The van der Waals surface area contributed by atoms with Crippen molar-refractivity contribution in [1.82, 2.24) is 0 Å². The Hall–Kier alpha value is 0.110. The van der Waals surface area contributed by atoms with E-state index in [0.29, 0.717) is 0 Å². The van der Waals surface area contributed by atoms with Crippen LogP contribution in [0.2, 0.25) is 0 Å². The molecule has 4 nitrogen and oxygen atoms in total. The molecule has 0 radical (unpaired) electrons. The average molecular weight is 295 g/mol. The molecule has 0 aromatic carbocycles. The molecule has 0 aliphatic heterocycles. The monoisotopic (exact) mass is 295 g/mol. The molecule has 0 saturated carbocycles. The van der Waals surface area contributed by atoms with Crippen LogP contribution in [0.3, 0.4) is 0 Å². The van der Waals surface area contributed by atoms with Gasteiger partial charge in [0.25, 0.3) is 0 Å². The van der Waals surface area contributed by atoms with Crippen LogP contribution in [0.1, 0.15) is 71.1 Å². The Morgan fingerprint density at radius 3 is 1.53 bits per heavy atom. The van der Waals surface area contributed by atoms with Crippen molar-refractivity contribution in [1.29, 1.82) is 0 Å². The highest BCUT2D eigenvalue weighted by atomic mass is 31.2. The quantitative estimate of drug-likeness (QED) is 0.440. The number of nitrogens with two attached hydrogens (primary N) is 1. The Balaban J connectivity index is 0. The van der Waals surface area contributed by atoms with E-state index in [-0.39, 0.29) is 0 Å². The second-order valence-corrected chi connectivity index (χ2v) is 6.93. The van der Waals surface area contributed by atoms with Crippen molar-refractivity contribution in [2.45, 2.75) is 71.1 Å². The van der Waals surface area contributed by atoms with Gasteiger partial charge in [-0.25, -0.2) is 0 Å². The summed E-state index contributed by atoms with van der Waals surface area (Å²) in [5.41, 5.74) is 5.42. The van der Waals surface area contributed by atoms with Crippen molar-refractivity contribution in [2.75, 3.05) is 20.3 Å². The molecular formula is C14H34NO3P. The summed E-state index contributed by atoms with van der Waals surface area (Å²) < 4.78 is 14.0. The summed E-state index contributed by atoms with van der Waals surface area (Å²) in [6, 6.07) is 0. The summed E-state index contributed by atoms with van der Waals surface area (Å²) in [7, 11) is -1.95. The summed E-state index contributed by atoms with van der Waals surface area (Å²) in [6.07, 6.45) is 13.9. The van der Waals surface area contributed by atoms with Gasteiger partial charge < -0.3 is 15.2 Å². The van der Waals surface area contributed by atoms with Crippen LogP contribution in [-0.4, -0.2) is 25.2 Å². The fourth-order valence-electron chi connectivity index (χ4n) is 1.63. The van der Waals surface area contributed by atoms with E-state index in [1.165, 1.54) is 71.3 Å². The molecule has 0 fully saturated rings. The smallest absolute Gasteiger partial charge is 0.324 e. The number of rotatable bonds is 11. The molecule has 118 valence electrons. The Bertz CT molecular complexity index is 197. The minimum atomic E-state index is -3.15. The maximum atomic E-state index is 9.92. The second kappa shape index (κ2) is 16.2. The maximum Gasteiger partial charge on any atom is 0.324 e. The van der Waals surface area contributed by atoms with E-state index in [1.807, 2.05) is 0 Å².